The van der Waals surface area contributed by atoms with Crippen molar-refractivity contribution in [2.45, 2.75) is 56.8 Å². The quantitative estimate of drug-likeness (QED) is 0.905. The molecule has 4 aliphatic rings. The topological polar surface area (TPSA) is 59.2 Å². The maximum absolute atomic E-state index is 8.87. The van der Waals surface area contributed by atoms with Crippen molar-refractivity contribution in [1.29, 1.82) is 0 Å². The molecule has 0 unspecified atom stereocenters. The number of aromatic nitrogens is 2. The molecule has 4 bridgehead atoms. The van der Waals surface area contributed by atoms with Crippen molar-refractivity contribution in [2.75, 3.05) is 6.61 Å². The maximum atomic E-state index is 8.87. The first-order chi connectivity index (χ1) is 9.27. The van der Waals surface area contributed by atoms with Crippen molar-refractivity contribution in [3.8, 4) is 0 Å². The summed E-state index contributed by atoms with van der Waals surface area (Å²) in [6.45, 7) is 0.190. The second-order valence-corrected chi connectivity index (χ2v) is 7.04. The molecule has 4 heteroatoms. The lowest BCUT2D eigenvalue weighted by Gasteiger charge is -2.55. The number of aliphatic hydroxyl groups is 1. The molecular weight excluding hydrogens is 240 g/mol. The third-order valence-corrected chi connectivity index (χ3v) is 5.53. The van der Waals surface area contributed by atoms with Gasteiger partial charge in [0.25, 0.3) is 0 Å². The minimum Gasteiger partial charge on any atom is -0.396 e. The molecule has 0 amide bonds. The number of aryl methyl sites for hydroxylation is 1. The fourth-order valence-electron chi connectivity index (χ4n) is 5.19. The Labute approximate surface area is 113 Å². The minimum atomic E-state index is 0.190. The van der Waals surface area contributed by atoms with E-state index in [0.717, 1.165) is 23.6 Å². The van der Waals surface area contributed by atoms with Crippen LogP contribution in [0.4, 0.5) is 0 Å². The predicted molar refractivity (Wildman–Crippen MR) is 69.6 cm³/mol. The summed E-state index contributed by atoms with van der Waals surface area (Å²) < 4.78 is 5.38. The van der Waals surface area contributed by atoms with Gasteiger partial charge < -0.3 is 9.63 Å². The fourth-order valence-corrected chi connectivity index (χ4v) is 5.19. The first-order valence-electron chi connectivity index (χ1n) is 7.71. The summed E-state index contributed by atoms with van der Waals surface area (Å²) >= 11 is 0. The Morgan fingerprint density at radius 3 is 2.32 bits per heavy atom. The highest BCUT2D eigenvalue weighted by Gasteiger charge is 2.53. The van der Waals surface area contributed by atoms with Gasteiger partial charge in [0.1, 0.15) is 0 Å². The summed E-state index contributed by atoms with van der Waals surface area (Å²) in [4.78, 5) is 4.65. The van der Waals surface area contributed by atoms with Gasteiger partial charge in [-0.05, 0) is 62.7 Å². The van der Waals surface area contributed by atoms with Crippen molar-refractivity contribution in [3.63, 3.8) is 0 Å². The summed E-state index contributed by atoms with van der Waals surface area (Å²) in [5, 5.41) is 13.2. The van der Waals surface area contributed by atoms with Crippen molar-refractivity contribution < 1.29 is 9.63 Å². The summed E-state index contributed by atoms with van der Waals surface area (Å²) in [7, 11) is 0. The summed E-state index contributed by atoms with van der Waals surface area (Å²) in [5.41, 5.74) is 0.232. The van der Waals surface area contributed by atoms with E-state index in [1.807, 2.05) is 0 Å². The molecule has 1 N–H and O–H groups in total. The molecular formula is C15H22N2O2. The van der Waals surface area contributed by atoms with Crippen molar-refractivity contribution in [1.82, 2.24) is 10.1 Å². The summed E-state index contributed by atoms with van der Waals surface area (Å²) in [6, 6.07) is 0. The van der Waals surface area contributed by atoms with Gasteiger partial charge >= 0.3 is 0 Å². The monoisotopic (exact) mass is 262 g/mol. The molecule has 4 aliphatic carbocycles. The molecule has 0 spiro atoms. The fraction of sp³-hybridized carbons (Fsp3) is 0.867. The molecule has 19 heavy (non-hydrogen) atoms. The highest BCUT2D eigenvalue weighted by atomic mass is 16.5. The second kappa shape index (κ2) is 4.30. The molecule has 0 atom stereocenters. The molecule has 5 rings (SSSR count). The zero-order valence-electron chi connectivity index (χ0n) is 11.3. The lowest BCUT2D eigenvalue weighted by Crippen LogP contribution is -2.49. The number of rotatable bonds is 4. The summed E-state index contributed by atoms with van der Waals surface area (Å²) in [6.07, 6.45) is 9.56. The highest BCUT2D eigenvalue weighted by molar-refractivity contribution is 5.16. The van der Waals surface area contributed by atoms with Gasteiger partial charge in [0.05, 0.1) is 0 Å². The van der Waals surface area contributed by atoms with Gasteiger partial charge in [-0.15, -0.1) is 0 Å². The van der Waals surface area contributed by atoms with Crippen LogP contribution < -0.4 is 0 Å². The van der Waals surface area contributed by atoms with Crippen LogP contribution in [0.15, 0.2) is 4.52 Å². The third kappa shape index (κ3) is 1.92. The van der Waals surface area contributed by atoms with E-state index in [1.54, 1.807) is 0 Å². The van der Waals surface area contributed by atoms with Gasteiger partial charge in [-0.25, -0.2) is 0 Å². The molecule has 1 aromatic rings. The van der Waals surface area contributed by atoms with Crippen LogP contribution in [0.5, 0.6) is 0 Å². The minimum absolute atomic E-state index is 0.190. The largest absolute Gasteiger partial charge is 0.396 e. The van der Waals surface area contributed by atoms with Gasteiger partial charge in [0, 0.05) is 18.4 Å². The number of aliphatic hydroxyl groups excluding tert-OH is 1. The standard InChI is InChI=1S/C15H22N2O2/c18-3-1-2-13-16-14(17-19-13)15-7-10-4-11(8-15)6-12(5-10)9-15/h10-12,18H,1-9H2. The highest BCUT2D eigenvalue weighted by Crippen LogP contribution is 2.60. The first kappa shape index (κ1) is 11.9. The van der Waals surface area contributed by atoms with Crippen LogP contribution in [0, 0.1) is 17.8 Å². The van der Waals surface area contributed by atoms with E-state index in [2.05, 4.69) is 10.1 Å². The Kier molecular flexibility index (Phi) is 2.69. The van der Waals surface area contributed by atoms with Crippen LogP contribution >= 0.6 is 0 Å². The van der Waals surface area contributed by atoms with Gasteiger partial charge in [0.15, 0.2) is 5.82 Å². The Balaban J connectivity index is 1.59. The van der Waals surface area contributed by atoms with E-state index in [4.69, 9.17) is 9.63 Å². The predicted octanol–water partition coefficient (Wildman–Crippen LogP) is 2.46. The zero-order valence-corrected chi connectivity index (χ0v) is 11.3. The average Bonchev–Trinajstić information content (AvgIpc) is 2.84. The normalized spacial score (nSPS) is 39.9. The van der Waals surface area contributed by atoms with Gasteiger partial charge in [-0.2, -0.15) is 4.98 Å². The molecule has 0 radical (unpaired) electrons. The Hall–Kier alpha value is -0.900. The van der Waals surface area contributed by atoms with E-state index < -0.39 is 0 Å². The average molecular weight is 262 g/mol. The molecule has 104 valence electrons. The van der Waals surface area contributed by atoms with Crippen LogP contribution in [0.3, 0.4) is 0 Å². The molecule has 0 aromatic carbocycles. The van der Waals surface area contributed by atoms with E-state index in [-0.39, 0.29) is 12.0 Å². The van der Waals surface area contributed by atoms with Crippen LogP contribution in [-0.4, -0.2) is 21.9 Å². The molecule has 4 nitrogen and oxygen atoms in total. The van der Waals surface area contributed by atoms with Gasteiger partial charge in [-0.1, -0.05) is 5.16 Å². The second-order valence-electron chi connectivity index (χ2n) is 7.04. The van der Waals surface area contributed by atoms with E-state index in [0.29, 0.717) is 18.7 Å². The summed E-state index contributed by atoms with van der Waals surface area (Å²) in [5.74, 6) is 4.40. The SMILES string of the molecule is OCCCc1nc(C23CC4CC(CC(C4)C2)C3)no1. The third-order valence-electron chi connectivity index (χ3n) is 5.53. The Morgan fingerprint density at radius 2 is 1.74 bits per heavy atom. The molecule has 4 saturated carbocycles. The molecule has 0 saturated heterocycles. The number of hydrogen-bond acceptors (Lipinski definition) is 4. The van der Waals surface area contributed by atoms with E-state index in [1.165, 1.54) is 38.5 Å². The number of hydrogen-bond donors (Lipinski definition) is 1. The lowest BCUT2D eigenvalue weighted by atomic mass is 9.49. The van der Waals surface area contributed by atoms with Crippen molar-refractivity contribution in [3.05, 3.63) is 11.7 Å². The zero-order chi connectivity index (χ0) is 12.9. The smallest absolute Gasteiger partial charge is 0.226 e. The van der Waals surface area contributed by atoms with Crippen LogP contribution in [0.25, 0.3) is 0 Å². The van der Waals surface area contributed by atoms with Gasteiger partial charge in [-0.3, -0.25) is 0 Å². The van der Waals surface area contributed by atoms with Crippen LogP contribution in [0.1, 0.15) is 56.7 Å². The molecule has 1 aromatic heterocycles. The van der Waals surface area contributed by atoms with Crippen molar-refractivity contribution in [2.24, 2.45) is 17.8 Å². The first-order valence-corrected chi connectivity index (χ1v) is 7.71. The van der Waals surface area contributed by atoms with Crippen molar-refractivity contribution >= 4 is 0 Å². The lowest BCUT2D eigenvalue weighted by molar-refractivity contribution is -0.0103. The van der Waals surface area contributed by atoms with Gasteiger partial charge in [0.2, 0.25) is 5.89 Å². The van der Waals surface area contributed by atoms with Crippen LogP contribution in [-0.2, 0) is 11.8 Å². The molecule has 4 fully saturated rings. The molecule has 0 aliphatic heterocycles. The molecule has 1 heterocycles. The van der Waals surface area contributed by atoms with E-state index in [9.17, 15) is 0 Å². The Bertz CT molecular complexity index is 433. The Morgan fingerprint density at radius 1 is 1.11 bits per heavy atom. The maximum Gasteiger partial charge on any atom is 0.226 e. The number of nitrogens with zero attached hydrogens (tertiary/aromatic N) is 2. The van der Waals surface area contributed by atoms with E-state index >= 15 is 0 Å². The van der Waals surface area contributed by atoms with Crippen LogP contribution in [0.2, 0.25) is 0 Å².